The molecule has 0 aliphatic heterocycles. The summed E-state index contributed by atoms with van der Waals surface area (Å²) in [6.07, 6.45) is 1.37. The molecule has 0 fully saturated rings. The molecule has 0 aliphatic rings. The van der Waals surface area contributed by atoms with Crippen molar-refractivity contribution in [2.45, 2.75) is 26.3 Å². The van der Waals surface area contributed by atoms with Crippen molar-refractivity contribution in [1.29, 1.82) is 0 Å². The molecular formula is C17H18N2OS. The van der Waals surface area contributed by atoms with E-state index in [1.54, 1.807) is 11.3 Å². The number of aromatic amines is 1. The second-order valence-corrected chi connectivity index (χ2v) is 6.26. The van der Waals surface area contributed by atoms with Gasteiger partial charge in [0.1, 0.15) is 0 Å². The second kappa shape index (κ2) is 6.14. The highest BCUT2D eigenvalue weighted by Crippen LogP contribution is 2.17. The molecule has 0 radical (unpaired) electrons. The molecule has 1 aromatic carbocycles. The number of amides is 1. The lowest BCUT2D eigenvalue weighted by molar-refractivity contribution is -0.121. The van der Waals surface area contributed by atoms with E-state index in [9.17, 15) is 4.79 Å². The van der Waals surface area contributed by atoms with Gasteiger partial charge in [-0.15, -0.1) is 11.3 Å². The predicted octanol–water partition coefficient (Wildman–Crippen LogP) is 3.79. The van der Waals surface area contributed by atoms with E-state index in [0.717, 1.165) is 23.2 Å². The average molecular weight is 298 g/mol. The molecule has 0 saturated carbocycles. The van der Waals surface area contributed by atoms with E-state index < -0.39 is 0 Å². The zero-order chi connectivity index (χ0) is 14.7. The van der Waals surface area contributed by atoms with Crippen molar-refractivity contribution in [3.63, 3.8) is 0 Å². The lowest BCUT2D eigenvalue weighted by atomic mass is 10.1. The maximum Gasteiger partial charge on any atom is 0.220 e. The minimum absolute atomic E-state index is 0.105. The van der Waals surface area contributed by atoms with Gasteiger partial charge in [0.05, 0.1) is 0 Å². The Morgan fingerprint density at radius 1 is 1.29 bits per heavy atom. The second-order valence-electron chi connectivity index (χ2n) is 5.23. The van der Waals surface area contributed by atoms with Gasteiger partial charge in [-0.1, -0.05) is 12.1 Å². The number of nitrogens with one attached hydrogen (secondary N) is 2. The Balaban J connectivity index is 1.54. The quantitative estimate of drug-likeness (QED) is 0.739. The molecule has 2 N–H and O–H groups in total. The molecule has 3 rings (SSSR count). The molecule has 108 valence electrons. The normalized spacial score (nSPS) is 10.9. The topological polar surface area (TPSA) is 44.9 Å². The van der Waals surface area contributed by atoms with Crippen molar-refractivity contribution in [3.05, 3.63) is 57.9 Å². The van der Waals surface area contributed by atoms with Crippen LogP contribution in [-0.4, -0.2) is 10.9 Å². The number of fused-ring (bicyclic) bond motifs is 1. The standard InChI is InChI=1S/C17H18N2OS/c1-12-9-14-10-13(4-6-16(14)19-12)11-18-17(20)7-5-15-3-2-8-21-15/h2-4,6,8-10,19H,5,7,11H2,1H3,(H,18,20). The Morgan fingerprint density at radius 2 is 2.19 bits per heavy atom. The summed E-state index contributed by atoms with van der Waals surface area (Å²) in [5.74, 6) is 0.105. The molecule has 1 amide bonds. The number of hydrogen-bond acceptors (Lipinski definition) is 2. The molecule has 2 heterocycles. The molecule has 2 aromatic heterocycles. The van der Waals surface area contributed by atoms with Crippen LogP contribution in [0.1, 0.15) is 22.6 Å². The van der Waals surface area contributed by atoms with E-state index in [1.807, 2.05) is 18.4 Å². The summed E-state index contributed by atoms with van der Waals surface area (Å²) >= 11 is 1.70. The van der Waals surface area contributed by atoms with Gasteiger partial charge >= 0.3 is 0 Å². The highest BCUT2D eigenvalue weighted by atomic mass is 32.1. The van der Waals surface area contributed by atoms with Gasteiger partial charge in [0.2, 0.25) is 5.91 Å². The molecule has 0 aliphatic carbocycles. The molecule has 3 nitrogen and oxygen atoms in total. The minimum Gasteiger partial charge on any atom is -0.359 e. The first kappa shape index (κ1) is 13.9. The zero-order valence-electron chi connectivity index (χ0n) is 12.0. The Morgan fingerprint density at radius 3 is 3.00 bits per heavy atom. The van der Waals surface area contributed by atoms with Crippen LogP contribution in [0.15, 0.2) is 41.8 Å². The first-order valence-corrected chi connectivity index (χ1v) is 7.96. The Bertz CT molecular complexity index is 743. The van der Waals surface area contributed by atoms with E-state index in [4.69, 9.17) is 0 Å². The lowest BCUT2D eigenvalue weighted by Crippen LogP contribution is -2.22. The van der Waals surface area contributed by atoms with Crippen molar-refractivity contribution >= 4 is 28.1 Å². The van der Waals surface area contributed by atoms with Crippen LogP contribution in [0, 0.1) is 6.92 Å². The highest BCUT2D eigenvalue weighted by molar-refractivity contribution is 7.09. The van der Waals surface area contributed by atoms with E-state index in [0.29, 0.717) is 13.0 Å². The number of rotatable bonds is 5. The number of hydrogen-bond donors (Lipinski definition) is 2. The van der Waals surface area contributed by atoms with Crippen LogP contribution in [0.4, 0.5) is 0 Å². The summed E-state index contributed by atoms with van der Waals surface area (Å²) in [7, 11) is 0. The molecule has 0 spiro atoms. The summed E-state index contributed by atoms with van der Waals surface area (Å²) in [5.41, 5.74) is 3.42. The number of carbonyl (C=O) groups excluding carboxylic acids is 1. The van der Waals surface area contributed by atoms with Crippen molar-refractivity contribution in [3.8, 4) is 0 Å². The third kappa shape index (κ3) is 3.52. The molecule has 21 heavy (non-hydrogen) atoms. The van der Waals surface area contributed by atoms with Crippen LogP contribution in [0.3, 0.4) is 0 Å². The van der Waals surface area contributed by atoms with Crippen molar-refractivity contribution in [2.75, 3.05) is 0 Å². The fourth-order valence-electron chi connectivity index (χ4n) is 2.42. The van der Waals surface area contributed by atoms with Crippen molar-refractivity contribution in [2.24, 2.45) is 0 Å². The van der Waals surface area contributed by atoms with Gasteiger partial charge in [0.15, 0.2) is 0 Å². The highest BCUT2D eigenvalue weighted by Gasteiger charge is 2.04. The largest absolute Gasteiger partial charge is 0.359 e. The summed E-state index contributed by atoms with van der Waals surface area (Å²) in [4.78, 5) is 16.4. The van der Waals surface area contributed by atoms with Gasteiger partial charge in [-0.2, -0.15) is 0 Å². The zero-order valence-corrected chi connectivity index (χ0v) is 12.8. The van der Waals surface area contributed by atoms with Crippen LogP contribution in [0.25, 0.3) is 10.9 Å². The average Bonchev–Trinajstić information content (AvgIpc) is 3.10. The van der Waals surface area contributed by atoms with Crippen LogP contribution >= 0.6 is 11.3 Å². The number of carbonyl (C=O) groups is 1. The molecule has 3 aromatic rings. The van der Waals surface area contributed by atoms with E-state index in [2.05, 4.69) is 40.6 Å². The molecule has 0 atom stereocenters. The van der Waals surface area contributed by atoms with Gasteiger partial charge in [-0.3, -0.25) is 4.79 Å². The predicted molar refractivity (Wildman–Crippen MR) is 87.5 cm³/mol. The number of H-pyrrole nitrogens is 1. The van der Waals surface area contributed by atoms with Crippen molar-refractivity contribution < 1.29 is 4.79 Å². The summed E-state index contributed by atoms with van der Waals surface area (Å²) in [5, 5.41) is 6.22. The van der Waals surface area contributed by atoms with Crippen LogP contribution in [0.5, 0.6) is 0 Å². The summed E-state index contributed by atoms with van der Waals surface area (Å²) in [6.45, 7) is 2.63. The van der Waals surface area contributed by atoms with E-state index in [1.165, 1.54) is 10.3 Å². The molecular weight excluding hydrogens is 280 g/mol. The minimum atomic E-state index is 0.105. The monoisotopic (exact) mass is 298 g/mol. The Labute approximate surface area is 128 Å². The third-order valence-electron chi connectivity index (χ3n) is 3.49. The van der Waals surface area contributed by atoms with Gasteiger partial charge in [-0.05, 0) is 53.9 Å². The SMILES string of the molecule is Cc1cc2cc(CNC(=O)CCc3cccs3)ccc2[nH]1. The van der Waals surface area contributed by atoms with E-state index in [-0.39, 0.29) is 5.91 Å². The molecule has 0 unspecified atom stereocenters. The number of benzene rings is 1. The van der Waals surface area contributed by atoms with Gasteiger partial charge in [0.25, 0.3) is 0 Å². The Hall–Kier alpha value is -2.07. The van der Waals surface area contributed by atoms with Crippen LogP contribution in [-0.2, 0) is 17.8 Å². The van der Waals surface area contributed by atoms with Crippen LogP contribution < -0.4 is 5.32 Å². The molecule has 4 heteroatoms. The molecule has 0 bridgehead atoms. The van der Waals surface area contributed by atoms with Gasteiger partial charge in [0, 0.05) is 29.1 Å². The fraction of sp³-hybridized carbons (Fsp3) is 0.235. The first-order chi connectivity index (χ1) is 10.2. The smallest absolute Gasteiger partial charge is 0.220 e. The van der Waals surface area contributed by atoms with Crippen LogP contribution in [0.2, 0.25) is 0 Å². The number of aromatic nitrogens is 1. The van der Waals surface area contributed by atoms with Gasteiger partial charge < -0.3 is 10.3 Å². The van der Waals surface area contributed by atoms with E-state index >= 15 is 0 Å². The number of thiophene rings is 1. The fourth-order valence-corrected chi connectivity index (χ4v) is 3.13. The lowest BCUT2D eigenvalue weighted by Gasteiger charge is -2.05. The molecule has 0 saturated heterocycles. The third-order valence-corrected chi connectivity index (χ3v) is 4.42. The summed E-state index contributed by atoms with van der Waals surface area (Å²) < 4.78 is 0. The maximum atomic E-state index is 11.9. The van der Waals surface area contributed by atoms with Gasteiger partial charge in [-0.25, -0.2) is 0 Å². The maximum absolute atomic E-state index is 11.9. The summed E-state index contributed by atoms with van der Waals surface area (Å²) in [6, 6.07) is 12.5. The first-order valence-electron chi connectivity index (χ1n) is 7.08. The van der Waals surface area contributed by atoms with Crippen molar-refractivity contribution in [1.82, 2.24) is 10.3 Å². The number of aryl methyl sites for hydroxylation is 2. The Kier molecular flexibility index (Phi) is 4.06.